The number of rotatable bonds is 4. The lowest BCUT2D eigenvalue weighted by atomic mass is 9.99. The Morgan fingerprint density at radius 2 is 2.00 bits per heavy atom. The molecular weight excluding hydrogens is 236 g/mol. The van der Waals surface area contributed by atoms with Crippen molar-refractivity contribution in [3.63, 3.8) is 0 Å². The van der Waals surface area contributed by atoms with E-state index in [2.05, 4.69) is 23.3 Å². The number of carbonyl (C=O) groups excluding carboxylic acids is 1. The molecule has 0 bridgehead atoms. The Hall–Kier alpha value is -1.90. The lowest BCUT2D eigenvalue weighted by molar-refractivity contribution is -0.120. The number of nitrogens with one attached hydrogen (secondary N) is 1. The summed E-state index contributed by atoms with van der Waals surface area (Å²) in [4.78, 5) is 16.5. The normalized spacial score (nSPS) is 10.7. The maximum atomic E-state index is 11.9. The number of carbonyl (C=O) groups is 1. The van der Waals surface area contributed by atoms with E-state index in [0.29, 0.717) is 6.42 Å². The second kappa shape index (κ2) is 5.83. The molecule has 3 heteroatoms. The van der Waals surface area contributed by atoms with Crippen LogP contribution in [-0.2, 0) is 11.2 Å². The van der Waals surface area contributed by atoms with Crippen molar-refractivity contribution in [3.05, 3.63) is 41.1 Å². The SMILES string of the molecule is CCCNC(=O)Cc1c(C)nc2ccccc2c1C. The van der Waals surface area contributed by atoms with Gasteiger partial charge in [0.15, 0.2) is 0 Å². The first kappa shape index (κ1) is 13.5. The molecule has 2 aromatic rings. The number of aryl methyl sites for hydroxylation is 2. The van der Waals surface area contributed by atoms with E-state index in [-0.39, 0.29) is 5.91 Å². The fraction of sp³-hybridized carbons (Fsp3) is 0.375. The van der Waals surface area contributed by atoms with E-state index in [4.69, 9.17) is 0 Å². The van der Waals surface area contributed by atoms with Crippen LogP contribution in [0, 0.1) is 13.8 Å². The van der Waals surface area contributed by atoms with Crippen LogP contribution in [-0.4, -0.2) is 17.4 Å². The lowest BCUT2D eigenvalue weighted by Crippen LogP contribution is -2.26. The minimum atomic E-state index is 0.0742. The average molecular weight is 256 g/mol. The first-order chi connectivity index (χ1) is 9.13. The predicted octanol–water partition coefficient (Wildman–Crippen LogP) is 2.92. The molecule has 0 aliphatic carbocycles. The molecule has 2 rings (SSSR count). The molecule has 1 aromatic carbocycles. The van der Waals surface area contributed by atoms with E-state index in [1.165, 1.54) is 0 Å². The van der Waals surface area contributed by atoms with Crippen molar-refractivity contribution in [3.8, 4) is 0 Å². The number of amides is 1. The van der Waals surface area contributed by atoms with E-state index in [0.717, 1.165) is 40.7 Å². The summed E-state index contributed by atoms with van der Waals surface area (Å²) in [6.07, 6.45) is 1.37. The largest absolute Gasteiger partial charge is 0.356 e. The fourth-order valence-corrected chi connectivity index (χ4v) is 2.32. The third kappa shape index (κ3) is 2.92. The van der Waals surface area contributed by atoms with E-state index in [9.17, 15) is 4.79 Å². The van der Waals surface area contributed by atoms with Gasteiger partial charge >= 0.3 is 0 Å². The number of aromatic nitrogens is 1. The zero-order valence-corrected chi connectivity index (χ0v) is 11.8. The van der Waals surface area contributed by atoms with E-state index < -0.39 is 0 Å². The first-order valence-corrected chi connectivity index (χ1v) is 6.75. The molecular formula is C16H20N2O. The van der Waals surface area contributed by atoms with Gasteiger partial charge in [0, 0.05) is 17.6 Å². The summed E-state index contributed by atoms with van der Waals surface area (Å²) in [7, 11) is 0. The highest BCUT2D eigenvalue weighted by Crippen LogP contribution is 2.22. The topological polar surface area (TPSA) is 42.0 Å². The molecule has 0 radical (unpaired) electrons. The lowest BCUT2D eigenvalue weighted by Gasteiger charge is -2.12. The van der Waals surface area contributed by atoms with Gasteiger partial charge in [0.1, 0.15) is 0 Å². The summed E-state index contributed by atoms with van der Waals surface area (Å²) >= 11 is 0. The molecule has 0 saturated carbocycles. The van der Waals surface area contributed by atoms with Gasteiger partial charge in [-0.2, -0.15) is 0 Å². The van der Waals surface area contributed by atoms with Crippen molar-refractivity contribution >= 4 is 16.8 Å². The van der Waals surface area contributed by atoms with Crippen molar-refractivity contribution in [2.24, 2.45) is 0 Å². The van der Waals surface area contributed by atoms with Gasteiger partial charge in [-0.05, 0) is 37.5 Å². The molecule has 1 aromatic heterocycles. The standard InChI is InChI=1S/C16H20N2O/c1-4-9-17-16(19)10-14-11(2)13-7-5-6-8-15(13)18-12(14)3/h5-8H,4,9-10H2,1-3H3,(H,17,19). The molecule has 1 amide bonds. The number of nitrogens with zero attached hydrogens (tertiary/aromatic N) is 1. The molecule has 0 saturated heterocycles. The fourth-order valence-electron chi connectivity index (χ4n) is 2.32. The van der Waals surface area contributed by atoms with Gasteiger partial charge in [-0.1, -0.05) is 25.1 Å². The minimum Gasteiger partial charge on any atom is -0.356 e. The predicted molar refractivity (Wildman–Crippen MR) is 78.2 cm³/mol. The Bertz CT molecular complexity index is 605. The van der Waals surface area contributed by atoms with Gasteiger partial charge in [-0.25, -0.2) is 0 Å². The maximum absolute atomic E-state index is 11.9. The molecule has 1 N–H and O–H groups in total. The number of pyridine rings is 1. The zero-order chi connectivity index (χ0) is 13.8. The molecule has 19 heavy (non-hydrogen) atoms. The molecule has 0 aliphatic heterocycles. The second-order valence-corrected chi connectivity index (χ2v) is 4.84. The summed E-state index contributed by atoms with van der Waals surface area (Å²) in [5.74, 6) is 0.0742. The van der Waals surface area contributed by atoms with Gasteiger partial charge in [-0.15, -0.1) is 0 Å². The summed E-state index contributed by atoms with van der Waals surface area (Å²) in [5.41, 5.74) is 4.15. The van der Waals surface area contributed by atoms with Crippen LogP contribution >= 0.6 is 0 Å². The summed E-state index contributed by atoms with van der Waals surface area (Å²) in [6, 6.07) is 8.07. The number of fused-ring (bicyclic) bond motifs is 1. The first-order valence-electron chi connectivity index (χ1n) is 6.75. The van der Waals surface area contributed by atoms with Crippen molar-refractivity contribution < 1.29 is 4.79 Å². The van der Waals surface area contributed by atoms with E-state index in [1.54, 1.807) is 0 Å². The van der Waals surface area contributed by atoms with Gasteiger partial charge in [0.05, 0.1) is 11.9 Å². The molecule has 0 spiro atoms. The quantitative estimate of drug-likeness (QED) is 0.914. The average Bonchev–Trinajstić information content (AvgIpc) is 2.41. The Balaban J connectivity index is 2.35. The molecule has 0 unspecified atom stereocenters. The van der Waals surface area contributed by atoms with Crippen LogP contribution in [0.5, 0.6) is 0 Å². The van der Waals surface area contributed by atoms with Crippen molar-refractivity contribution in [2.75, 3.05) is 6.54 Å². The summed E-state index contributed by atoms with van der Waals surface area (Å²) < 4.78 is 0. The van der Waals surface area contributed by atoms with Gasteiger partial charge in [0.2, 0.25) is 5.91 Å². The third-order valence-corrected chi connectivity index (χ3v) is 3.40. The Labute approximate surface area is 114 Å². The molecule has 3 nitrogen and oxygen atoms in total. The van der Waals surface area contributed by atoms with Crippen molar-refractivity contribution in [2.45, 2.75) is 33.6 Å². The highest BCUT2D eigenvalue weighted by molar-refractivity contribution is 5.86. The van der Waals surface area contributed by atoms with Crippen LogP contribution in [0.15, 0.2) is 24.3 Å². The van der Waals surface area contributed by atoms with Crippen LogP contribution in [0.25, 0.3) is 10.9 Å². The van der Waals surface area contributed by atoms with E-state index in [1.807, 2.05) is 32.0 Å². The Morgan fingerprint density at radius 3 is 2.74 bits per heavy atom. The molecule has 100 valence electrons. The highest BCUT2D eigenvalue weighted by atomic mass is 16.1. The summed E-state index contributed by atoms with van der Waals surface area (Å²) in [5, 5.41) is 4.05. The minimum absolute atomic E-state index is 0.0742. The van der Waals surface area contributed by atoms with Crippen molar-refractivity contribution in [1.82, 2.24) is 10.3 Å². The monoisotopic (exact) mass is 256 g/mol. The highest BCUT2D eigenvalue weighted by Gasteiger charge is 2.12. The van der Waals surface area contributed by atoms with Crippen LogP contribution in [0.2, 0.25) is 0 Å². The Morgan fingerprint density at radius 1 is 1.26 bits per heavy atom. The van der Waals surface area contributed by atoms with Crippen LogP contribution < -0.4 is 5.32 Å². The number of benzene rings is 1. The molecule has 1 heterocycles. The van der Waals surface area contributed by atoms with Gasteiger partial charge in [0.25, 0.3) is 0 Å². The number of hydrogen-bond donors (Lipinski definition) is 1. The second-order valence-electron chi connectivity index (χ2n) is 4.84. The van der Waals surface area contributed by atoms with Gasteiger partial charge < -0.3 is 5.32 Å². The Kier molecular flexibility index (Phi) is 4.15. The molecule has 0 fully saturated rings. The van der Waals surface area contributed by atoms with Crippen LogP contribution in [0.1, 0.15) is 30.2 Å². The number of hydrogen-bond acceptors (Lipinski definition) is 2. The zero-order valence-electron chi connectivity index (χ0n) is 11.8. The van der Waals surface area contributed by atoms with Crippen molar-refractivity contribution in [1.29, 1.82) is 0 Å². The summed E-state index contributed by atoms with van der Waals surface area (Å²) in [6.45, 7) is 6.83. The third-order valence-electron chi connectivity index (χ3n) is 3.40. The maximum Gasteiger partial charge on any atom is 0.224 e. The van der Waals surface area contributed by atoms with Crippen LogP contribution in [0.3, 0.4) is 0 Å². The molecule has 0 aliphatic rings. The van der Waals surface area contributed by atoms with Gasteiger partial charge in [-0.3, -0.25) is 9.78 Å². The number of para-hydroxylation sites is 1. The van der Waals surface area contributed by atoms with Crippen LogP contribution in [0.4, 0.5) is 0 Å². The van der Waals surface area contributed by atoms with E-state index >= 15 is 0 Å². The smallest absolute Gasteiger partial charge is 0.224 e. The molecule has 0 atom stereocenters.